The normalized spacial score (nSPS) is 20.6. The fourth-order valence-electron chi connectivity index (χ4n) is 2.59. The molecule has 0 bridgehead atoms. The van der Waals surface area contributed by atoms with Gasteiger partial charge in [0.05, 0.1) is 5.92 Å². The second-order valence-corrected chi connectivity index (χ2v) is 6.13. The molecular formula is C15H28N2O3. The predicted molar refractivity (Wildman–Crippen MR) is 78.0 cm³/mol. The third-order valence-corrected chi connectivity index (χ3v) is 3.85. The quantitative estimate of drug-likeness (QED) is 0.699. The van der Waals surface area contributed by atoms with Crippen LogP contribution in [0.2, 0.25) is 0 Å². The first kappa shape index (κ1) is 17.0. The van der Waals surface area contributed by atoms with E-state index < -0.39 is 0 Å². The number of aliphatic hydroxyl groups excluding tert-OH is 1. The van der Waals surface area contributed by atoms with Gasteiger partial charge in [0.25, 0.3) is 0 Å². The Labute approximate surface area is 121 Å². The molecule has 2 atom stereocenters. The zero-order chi connectivity index (χ0) is 15.1. The maximum atomic E-state index is 12.1. The van der Waals surface area contributed by atoms with Crippen molar-refractivity contribution in [2.24, 2.45) is 17.8 Å². The van der Waals surface area contributed by atoms with Crippen molar-refractivity contribution >= 4 is 11.8 Å². The average Bonchev–Trinajstić information content (AvgIpc) is 2.75. The highest BCUT2D eigenvalue weighted by Crippen LogP contribution is 2.19. The molecule has 0 spiro atoms. The van der Waals surface area contributed by atoms with Gasteiger partial charge in [-0.05, 0) is 18.3 Å². The minimum Gasteiger partial charge on any atom is -0.396 e. The van der Waals surface area contributed by atoms with Crippen LogP contribution < -0.4 is 5.32 Å². The molecule has 20 heavy (non-hydrogen) atoms. The Morgan fingerprint density at radius 2 is 2.20 bits per heavy atom. The number of nitrogens with one attached hydrogen (secondary N) is 1. The minimum atomic E-state index is -0.215. The van der Waals surface area contributed by atoms with Gasteiger partial charge in [0.1, 0.15) is 0 Å². The van der Waals surface area contributed by atoms with Crippen LogP contribution in [0.5, 0.6) is 0 Å². The van der Waals surface area contributed by atoms with Crippen molar-refractivity contribution in [2.45, 2.75) is 40.0 Å². The van der Waals surface area contributed by atoms with Crippen LogP contribution in [0.15, 0.2) is 0 Å². The van der Waals surface area contributed by atoms with Gasteiger partial charge in [-0.1, -0.05) is 27.2 Å². The number of rotatable bonds is 8. The summed E-state index contributed by atoms with van der Waals surface area (Å²) in [5.41, 5.74) is 0. The van der Waals surface area contributed by atoms with Gasteiger partial charge in [-0.2, -0.15) is 0 Å². The lowest BCUT2D eigenvalue weighted by Gasteiger charge is -2.19. The third kappa shape index (κ3) is 5.12. The summed E-state index contributed by atoms with van der Waals surface area (Å²) in [5.74, 6) is 0.581. The Kier molecular flexibility index (Phi) is 6.99. The second-order valence-electron chi connectivity index (χ2n) is 6.13. The van der Waals surface area contributed by atoms with Gasteiger partial charge >= 0.3 is 0 Å². The molecular weight excluding hydrogens is 256 g/mol. The number of carbonyl (C=O) groups is 2. The fourth-order valence-corrected chi connectivity index (χ4v) is 2.59. The molecule has 2 unspecified atom stereocenters. The number of carbonyl (C=O) groups excluding carboxylic acids is 2. The van der Waals surface area contributed by atoms with E-state index in [-0.39, 0.29) is 24.3 Å². The molecule has 0 aromatic heterocycles. The third-order valence-electron chi connectivity index (χ3n) is 3.85. The first-order valence-corrected chi connectivity index (χ1v) is 7.64. The number of hydrogen-bond donors (Lipinski definition) is 2. The highest BCUT2D eigenvalue weighted by molar-refractivity contribution is 5.89. The van der Waals surface area contributed by atoms with Crippen LogP contribution in [0.3, 0.4) is 0 Å². The van der Waals surface area contributed by atoms with Gasteiger partial charge in [0.15, 0.2) is 0 Å². The molecule has 0 aromatic rings. The summed E-state index contributed by atoms with van der Waals surface area (Å²) in [7, 11) is 0. The molecule has 0 aromatic carbocycles. The number of likely N-dealkylation sites (tertiary alicyclic amines) is 1. The molecule has 2 amide bonds. The largest absolute Gasteiger partial charge is 0.396 e. The molecule has 1 aliphatic heterocycles. The Bertz CT molecular complexity index is 331. The maximum absolute atomic E-state index is 12.1. The molecule has 5 nitrogen and oxygen atoms in total. The second kappa shape index (κ2) is 8.25. The Morgan fingerprint density at radius 1 is 1.50 bits per heavy atom. The van der Waals surface area contributed by atoms with Crippen molar-refractivity contribution in [1.82, 2.24) is 10.2 Å². The van der Waals surface area contributed by atoms with Crippen LogP contribution in [0.4, 0.5) is 0 Å². The van der Waals surface area contributed by atoms with Crippen LogP contribution in [0, 0.1) is 17.8 Å². The van der Waals surface area contributed by atoms with Crippen molar-refractivity contribution in [3.8, 4) is 0 Å². The summed E-state index contributed by atoms with van der Waals surface area (Å²) in [6.45, 7) is 8.20. The SMILES string of the molecule is CCC(CCO)CNC(=O)C1CC(=O)N(CC(C)C)C1. The van der Waals surface area contributed by atoms with E-state index in [1.807, 2.05) is 0 Å². The summed E-state index contributed by atoms with van der Waals surface area (Å²) >= 11 is 0. The first-order valence-electron chi connectivity index (χ1n) is 7.64. The van der Waals surface area contributed by atoms with E-state index in [1.165, 1.54) is 0 Å². The number of hydrogen-bond acceptors (Lipinski definition) is 3. The van der Waals surface area contributed by atoms with Crippen LogP contribution in [0.1, 0.15) is 40.0 Å². The van der Waals surface area contributed by atoms with Gasteiger partial charge < -0.3 is 15.3 Å². The highest BCUT2D eigenvalue weighted by atomic mass is 16.3. The zero-order valence-electron chi connectivity index (χ0n) is 12.9. The lowest BCUT2D eigenvalue weighted by atomic mass is 10.0. The van der Waals surface area contributed by atoms with E-state index >= 15 is 0 Å². The number of amides is 2. The summed E-state index contributed by atoms with van der Waals surface area (Å²) in [6.07, 6.45) is 1.97. The smallest absolute Gasteiger partial charge is 0.225 e. The van der Waals surface area contributed by atoms with Crippen LogP contribution >= 0.6 is 0 Å². The molecule has 1 rings (SSSR count). The molecule has 1 aliphatic rings. The average molecular weight is 284 g/mol. The van der Waals surface area contributed by atoms with Gasteiger partial charge in [-0.15, -0.1) is 0 Å². The zero-order valence-corrected chi connectivity index (χ0v) is 12.9. The van der Waals surface area contributed by atoms with Crippen LogP contribution in [-0.2, 0) is 9.59 Å². The molecule has 1 saturated heterocycles. The van der Waals surface area contributed by atoms with Crippen molar-refractivity contribution in [3.63, 3.8) is 0 Å². The number of aliphatic hydroxyl groups is 1. The Hall–Kier alpha value is -1.10. The molecule has 1 heterocycles. The lowest BCUT2D eigenvalue weighted by molar-refractivity contribution is -0.129. The summed E-state index contributed by atoms with van der Waals surface area (Å²) < 4.78 is 0. The Morgan fingerprint density at radius 3 is 2.75 bits per heavy atom. The molecule has 1 fully saturated rings. The van der Waals surface area contributed by atoms with Crippen molar-refractivity contribution in [3.05, 3.63) is 0 Å². The molecule has 5 heteroatoms. The van der Waals surface area contributed by atoms with E-state index in [0.717, 1.165) is 13.0 Å². The molecule has 0 saturated carbocycles. The van der Waals surface area contributed by atoms with E-state index in [4.69, 9.17) is 5.11 Å². The molecule has 2 N–H and O–H groups in total. The van der Waals surface area contributed by atoms with Gasteiger partial charge in [-0.3, -0.25) is 9.59 Å². The summed E-state index contributed by atoms with van der Waals surface area (Å²) in [6, 6.07) is 0. The Balaban J connectivity index is 2.39. The summed E-state index contributed by atoms with van der Waals surface area (Å²) in [4.78, 5) is 25.7. The molecule has 0 aliphatic carbocycles. The van der Waals surface area contributed by atoms with Crippen molar-refractivity contribution in [2.75, 3.05) is 26.2 Å². The maximum Gasteiger partial charge on any atom is 0.225 e. The highest BCUT2D eigenvalue weighted by Gasteiger charge is 2.34. The predicted octanol–water partition coefficient (Wildman–Crippen LogP) is 1.02. The topological polar surface area (TPSA) is 69.6 Å². The fraction of sp³-hybridized carbons (Fsp3) is 0.867. The molecule has 116 valence electrons. The van der Waals surface area contributed by atoms with Gasteiger partial charge in [-0.25, -0.2) is 0 Å². The first-order chi connectivity index (χ1) is 9.47. The number of nitrogens with zero attached hydrogens (tertiary/aromatic N) is 1. The van der Waals surface area contributed by atoms with Gasteiger partial charge in [0.2, 0.25) is 11.8 Å². The molecule has 0 radical (unpaired) electrons. The van der Waals surface area contributed by atoms with E-state index in [2.05, 4.69) is 26.1 Å². The van der Waals surface area contributed by atoms with E-state index in [9.17, 15) is 9.59 Å². The van der Waals surface area contributed by atoms with E-state index in [1.54, 1.807) is 4.90 Å². The van der Waals surface area contributed by atoms with Crippen molar-refractivity contribution in [1.29, 1.82) is 0 Å². The monoisotopic (exact) mass is 284 g/mol. The van der Waals surface area contributed by atoms with Crippen LogP contribution in [-0.4, -0.2) is 48.1 Å². The summed E-state index contributed by atoms with van der Waals surface area (Å²) in [5, 5.41) is 11.9. The van der Waals surface area contributed by atoms with Gasteiger partial charge in [0, 0.05) is 32.7 Å². The van der Waals surface area contributed by atoms with Crippen LogP contribution in [0.25, 0.3) is 0 Å². The standard InChI is InChI=1S/C15H28N2O3/c1-4-12(5-6-18)8-16-15(20)13-7-14(19)17(10-13)9-11(2)3/h11-13,18H,4-10H2,1-3H3,(H,16,20). The van der Waals surface area contributed by atoms with Crippen molar-refractivity contribution < 1.29 is 14.7 Å². The lowest BCUT2D eigenvalue weighted by Crippen LogP contribution is -2.36. The minimum absolute atomic E-state index is 0.0269. The van der Waals surface area contributed by atoms with E-state index in [0.29, 0.717) is 37.8 Å².